The number of benzene rings is 11. The van der Waals surface area contributed by atoms with Gasteiger partial charge >= 0.3 is 0 Å². The third-order valence-corrected chi connectivity index (χ3v) is 16.7. The Balaban J connectivity index is 0.935. The van der Waals surface area contributed by atoms with Crippen LogP contribution >= 0.6 is 22.7 Å². The predicted molar refractivity (Wildman–Crippen MR) is 276 cm³/mol. The monoisotopic (exact) mass is 834 g/mol. The zero-order valence-electron chi connectivity index (χ0n) is 34.8. The van der Waals surface area contributed by atoms with Crippen LogP contribution in [0.25, 0.3) is 128 Å². The van der Waals surface area contributed by atoms with E-state index in [1.54, 1.807) is 0 Å². The average Bonchev–Trinajstić information content (AvgIpc) is 3.98. The molecular formula is C61H38S2. The van der Waals surface area contributed by atoms with Crippen LogP contribution in [0.2, 0.25) is 0 Å². The summed E-state index contributed by atoms with van der Waals surface area (Å²) in [6.45, 7) is 4.82. The van der Waals surface area contributed by atoms with Gasteiger partial charge in [-0.15, -0.1) is 22.7 Å². The number of fused-ring (bicyclic) bond motifs is 15. The fourth-order valence-corrected chi connectivity index (χ4v) is 13.9. The van der Waals surface area contributed by atoms with Crippen molar-refractivity contribution >= 4 is 106 Å². The Bertz CT molecular complexity index is 4060. The summed E-state index contributed by atoms with van der Waals surface area (Å²) in [7, 11) is 0. The van der Waals surface area contributed by atoms with Crippen LogP contribution in [0, 0.1) is 0 Å². The van der Waals surface area contributed by atoms with Gasteiger partial charge in [-0.1, -0.05) is 184 Å². The van der Waals surface area contributed by atoms with Crippen LogP contribution < -0.4 is 0 Å². The first-order valence-corrected chi connectivity index (χ1v) is 23.5. The molecule has 0 atom stereocenters. The van der Waals surface area contributed by atoms with Crippen molar-refractivity contribution in [2.24, 2.45) is 0 Å². The van der Waals surface area contributed by atoms with Crippen LogP contribution in [0.3, 0.4) is 0 Å². The third kappa shape index (κ3) is 4.91. The maximum Gasteiger partial charge on any atom is 0.0434 e. The predicted octanol–water partition coefficient (Wildman–Crippen LogP) is 18.3. The molecule has 0 nitrogen and oxygen atoms in total. The molecule has 0 bridgehead atoms. The van der Waals surface area contributed by atoms with Gasteiger partial charge in [0.2, 0.25) is 0 Å². The van der Waals surface area contributed by atoms with Crippen molar-refractivity contribution in [1.29, 1.82) is 0 Å². The largest absolute Gasteiger partial charge is 0.135 e. The zero-order valence-corrected chi connectivity index (χ0v) is 36.4. The molecule has 0 radical (unpaired) electrons. The van der Waals surface area contributed by atoms with Crippen molar-refractivity contribution in [3.8, 4) is 44.5 Å². The smallest absolute Gasteiger partial charge is 0.0434 e. The molecule has 1 aliphatic rings. The van der Waals surface area contributed by atoms with Crippen molar-refractivity contribution in [3.63, 3.8) is 0 Å². The number of rotatable bonds is 3. The number of hydrogen-bond donors (Lipinski definition) is 0. The van der Waals surface area contributed by atoms with E-state index in [9.17, 15) is 0 Å². The van der Waals surface area contributed by atoms with E-state index in [1.807, 2.05) is 22.7 Å². The summed E-state index contributed by atoms with van der Waals surface area (Å²) in [5, 5.41) is 15.8. The van der Waals surface area contributed by atoms with Crippen LogP contribution in [-0.2, 0) is 5.41 Å². The van der Waals surface area contributed by atoms with E-state index < -0.39 is 0 Å². The molecule has 0 unspecified atom stereocenters. The van der Waals surface area contributed by atoms with E-state index >= 15 is 0 Å². The standard InChI is InChI=1S/C61H38S2/c1-61(2)51-30-27-37(41-22-12-24-48-57-53(63-60(41)48)31-32-54-58(57)49-29-25-36-14-4-6-17-40(36)59(49)62-54)33-50(51)42-28-26-38(34-52(42)61)55-44-18-7-9-20-46(44)56(47-21-10-8-19-45(47)55)43-23-11-15-35-13-3-5-16-39(35)43/h3-34H,1-2H3. The highest BCUT2D eigenvalue weighted by Gasteiger charge is 2.36. The third-order valence-electron chi connectivity index (χ3n) is 14.3. The summed E-state index contributed by atoms with van der Waals surface area (Å²) >= 11 is 3.87. The number of hydrogen-bond acceptors (Lipinski definition) is 2. The maximum atomic E-state index is 2.51. The van der Waals surface area contributed by atoms with Crippen LogP contribution in [0.4, 0.5) is 0 Å². The van der Waals surface area contributed by atoms with Gasteiger partial charge in [0, 0.05) is 45.8 Å². The first-order valence-electron chi connectivity index (χ1n) is 21.9. The van der Waals surface area contributed by atoms with Gasteiger partial charge in [0.05, 0.1) is 0 Å². The molecule has 0 amide bonds. The highest BCUT2D eigenvalue weighted by atomic mass is 32.1. The molecule has 1 aliphatic carbocycles. The summed E-state index contributed by atoms with van der Waals surface area (Å²) < 4.78 is 5.45. The fourth-order valence-electron chi connectivity index (χ4n) is 11.4. The van der Waals surface area contributed by atoms with Gasteiger partial charge in [0.25, 0.3) is 0 Å². The Morgan fingerprint density at radius 2 is 0.857 bits per heavy atom. The van der Waals surface area contributed by atoms with Gasteiger partial charge in [0.1, 0.15) is 0 Å². The highest BCUT2D eigenvalue weighted by molar-refractivity contribution is 7.28. The van der Waals surface area contributed by atoms with Crippen LogP contribution in [-0.4, -0.2) is 0 Å². The summed E-state index contributed by atoms with van der Waals surface area (Å²) in [6, 6.07) is 73.3. The molecule has 0 N–H and O–H groups in total. The minimum Gasteiger partial charge on any atom is -0.135 e. The SMILES string of the molecule is CC1(C)c2ccc(-c3cccc4c3sc3ccc5sc6c7ccccc7ccc6c5c34)cc2-c2ccc(-c3c4ccccc4c(-c4cccc5ccccc45)c4ccccc34)cc21. The molecule has 0 saturated carbocycles. The van der Waals surface area contributed by atoms with Crippen molar-refractivity contribution in [1.82, 2.24) is 0 Å². The Morgan fingerprint density at radius 3 is 1.59 bits per heavy atom. The summed E-state index contributed by atoms with van der Waals surface area (Å²) in [4.78, 5) is 0. The molecule has 0 spiro atoms. The lowest BCUT2D eigenvalue weighted by Crippen LogP contribution is -2.15. The van der Waals surface area contributed by atoms with Crippen molar-refractivity contribution in [2.75, 3.05) is 0 Å². The molecule has 14 rings (SSSR count). The summed E-state index contributed by atoms with van der Waals surface area (Å²) in [5.41, 5.74) is 13.0. The summed E-state index contributed by atoms with van der Waals surface area (Å²) in [6.07, 6.45) is 0. The highest BCUT2D eigenvalue weighted by Crippen LogP contribution is 2.54. The van der Waals surface area contributed by atoms with Gasteiger partial charge < -0.3 is 0 Å². The molecule has 2 heteroatoms. The first kappa shape index (κ1) is 35.5. The van der Waals surface area contributed by atoms with Crippen LogP contribution in [0.5, 0.6) is 0 Å². The molecule has 294 valence electrons. The second-order valence-electron chi connectivity index (χ2n) is 17.9. The van der Waals surface area contributed by atoms with Crippen molar-refractivity contribution in [3.05, 3.63) is 205 Å². The van der Waals surface area contributed by atoms with E-state index in [0.29, 0.717) is 0 Å². The van der Waals surface area contributed by atoms with Gasteiger partial charge in [-0.3, -0.25) is 0 Å². The Morgan fingerprint density at radius 1 is 0.317 bits per heavy atom. The number of thiophene rings is 2. The molecule has 13 aromatic rings. The Hall–Kier alpha value is -7.10. The molecule has 63 heavy (non-hydrogen) atoms. The topological polar surface area (TPSA) is 0 Å². The molecule has 2 heterocycles. The quantitative estimate of drug-likeness (QED) is 0.156. The average molecular weight is 835 g/mol. The maximum absolute atomic E-state index is 2.51. The summed E-state index contributed by atoms with van der Waals surface area (Å²) in [5.74, 6) is 0. The lowest BCUT2D eigenvalue weighted by Gasteiger charge is -2.23. The molecule has 2 aromatic heterocycles. The second-order valence-corrected chi connectivity index (χ2v) is 20.0. The minimum absolute atomic E-state index is 0.160. The fraction of sp³-hybridized carbons (Fsp3) is 0.0492. The van der Waals surface area contributed by atoms with E-state index in [0.717, 1.165) is 0 Å². The molecule has 0 aliphatic heterocycles. The Kier molecular flexibility index (Phi) is 7.31. The van der Waals surface area contributed by atoms with Crippen molar-refractivity contribution < 1.29 is 0 Å². The lowest BCUT2D eigenvalue weighted by molar-refractivity contribution is 0.660. The lowest BCUT2D eigenvalue weighted by atomic mass is 9.80. The zero-order chi connectivity index (χ0) is 41.6. The first-order chi connectivity index (χ1) is 31.0. The van der Waals surface area contributed by atoms with Gasteiger partial charge in [0.15, 0.2) is 0 Å². The van der Waals surface area contributed by atoms with Crippen LogP contribution in [0.15, 0.2) is 194 Å². The van der Waals surface area contributed by atoms with E-state index in [4.69, 9.17) is 0 Å². The molecule has 11 aromatic carbocycles. The Labute approximate surface area is 372 Å². The normalized spacial score (nSPS) is 13.4. The minimum atomic E-state index is -0.160. The van der Waals surface area contributed by atoms with Crippen molar-refractivity contribution in [2.45, 2.75) is 19.3 Å². The van der Waals surface area contributed by atoms with Crippen LogP contribution in [0.1, 0.15) is 25.0 Å². The molecular weight excluding hydrogens is 797 g/mol. The molecule has 0 fully saturated rings. The van der Waals surface area contributed by atoms with E-state index in [-0.39, 0.29) is 5.41 Å². The van der Waals surface area contributed by atoms with Gasteiger partial charge in [-0.05, 0) is 123 Å². The van der Waals surface area contributed by atoms with E-state index in [2.05, 4.69) is 208 Å². The molecule has 0 saturated heterocycles. The second kappa shape index (κ2) is 13.0. The van der Waals surface area contributed by atoms with Gasteiger partial charge in [-0.25, -0.2) is 0 Å². The van der Waals surface area contributed by atoms with E-state index in [1.165, 1.54) is 139 Å². The van der Waals surface area contributed by atoms with Gasteiger partial charge in [-0.2, -0.15) is 0 Å².